The number of ketones is 1. The zero-order chi connectivity index (χ0) is 9.68. The molecule has 0 aromatic carbocycles. The van der Waals surface area contributed by atoms with E-state index in [1.165, 1.54) is 12.4 Å². The van der Waals surface area contributed by atoms with Gasteiger partial charge in [0.05, 0.1) is 6.20 Å². The minimum Gasteiger partial charge on any atom is -0.309 e. The van der Waals surface area contributed by atoms with E-state index in [1.54, 1.807) is 6.20 Å². The van der Waals surface area contributed by atoms with Gasteiger partial charge in [-0.05, 0) is 14.1 Å². The second-order valence-electron chi connectivity index (χ2n) is 3.07. The Hall–Kier alpha value is -1.00. The van der Waals surface area contributed by atoms with Gasteiger partial charge in [0, 0.05) is 25.4 Å². The fraction of sp³-hybridized carbons (Fsp3) is 0.444. The first-order valence-corrected chi connectivity index (χ1v) is 4.14. The topological polar surface area (TPSA) is 46.1 Å². The molecule has 0 radical (unpaired) electrons. The Morgan fingerprint density at radius 2 is 2.14 bits per heavy atom. The summed E-state index contributed by atoms with van der Waals surface area (Å²) in [6, 6.07) is 0. The monoisotopic (exact) mass is 215 g/mol. The minimum atomic E-state index is 0. The summed E-state index contributed by atoms with van der Waals surface area (Å²) in [4.78, 5) is 21.1. The first-order valence-electron chi connectivity index (χ1n) is 4.14. The molecule has 1 rings (SSSR count). The lowest BCUT2D eigenvalue weighted by Crippen LogP contribution is -2.17. The smallest absolute Gasteiger partial charge is 0.184 e. The third kappa shape index (κ3) is 4.30. The van der Waals surface area contributed by atoms with E-state index in [9.17, 15) is 4.79 Å². The maximum atomic E-state index is 11.4. The predicted molar refractivity (Wildman–Crippen MR) is 56.8 cm³/mol. The lowest BCUT2D eigenvalue weighted by molar-refractivity contribution is 0.0967. The van der Waals surface area contributed by atoms with E-state index in [4.69, 9.17) is 0 Å². The van der Waals surface area contributed by atoms with Gasteiger partial charge in [0.25, 0.3) is 0 Å². The van der Waals surface area contributed by atoms with E-state index in [0.717, 1.165) is 6.54 Å². The number of hydrogen-bond donors (Lipinski definition) is 0. The van der Waals surface area contributed by atoms with Crippen LogP contribution >= 0.6 is 12.4 Å². The van der Waals surface area contributed by atoms with Crippen LogP contribution in [-0.4, -0.2) is 41.3 Å². The van der Waals surface area contributed by atoms with E-state index in [2.05, 4.69) is 9.97 Å². The molecule has 4 nitrogen and oxygen atoms in total. The van der Waals surface area contributed by atoms with Crippen molar-refractivity contribution in [3.8, 4) is 0 Å². The molecule has 5 heteroatoms. The van der Waals surface area contributed by atoms with Crippen LogP contribution in [0.5, 0.6) is 0 Å². The van der Waals surface area contributed by atoms with Crippen LogP contribution in [0.25, 0.3) is 0 Å². The molecule has 1 aromatic rings. The molecule has 0 saturated carbocycles. The van der Waals surface area contributed by atoms with Crippen LogP contribution < -0.4 is 0 Å². The fourth-order valence-corrected chi connectivity index (χ4v) is 0.896. The first kappa shape index (κ1) is 13.0. The number of Topliss-reactive ketones (excluding diaryl/α,β-unsaturated/α-hetero) is 1. The van der Waals surface area contributed by atoms with E-state index < -0.39 is 0 Å². The van der Waals surface area contributed by atoms with Gasteiger partial charge in [-0.1, -0.05) is 0 Å². The van der Waals surface area contributed by atoms with Crippen molar-refractivity contribution in [1.29, 1.82) is 0 Å². The Kier molecular flexibility index (Phi) is 5.99. The largest absolute Gasteiger partial charge is 0.309 e. The van der Waals surface area contributed by atoms with Crippen LogP contribution in [0.15, 0.2) is 18.6 Å². The number of carbonyl (C=O) groups excluding carboxylic acids is 1. The maximum Gasteiger partial charge on any atom is 0.184 e. The van der Waals surface area contributed by atoms with Gasteiger partial charge < -0.3 is 4.90 Å². The van der Waals surface area contributed by atoms with Crippen molar-refractivity contribution in [2.24, 2.45) is 0 Å². The van der Waals surface area contributed by atoms with Crippen molar-refractivity contribution in [2.45, 2.75) is 6.42 Å². The minimum absolute atomic E-state index is 0. The molecule has 0 unspecified atom stereocenters. The second-order valence-corrected chi connectivity index (χ2v) is 3.07. The van der Waals surface area contributed by atoms with Gasteiger partial charge in [-0.3, -0.25) is 9.78 Å². The summed E-state index contributed by atoms with van der Waals surface area (Å²) in [6.45, 7) is 0.745. The SMILES string of the molecule is CN(C)CCC(=O)c1cnccn1.Cl. The van der Waals surface area contributed by atoms with Gasteiger partial charge >= 0.3 is 0 Å². The summed E-state index contributed by atoms with van der Waals surface area (Å²) in [7, 11) is 3.87. The third-order valence-corrected chi connectivity index (χ3v) is 1.63. The highest BCUT2D eigenvalue weighted by Gasteiger charge is 2.06. The van der Waals surface area contributed by atoms with Crippen molar-refractivity contribution in [1.82, 2.24) is 14.9 Å². The highest BCUT2D eigenvalue weighted by Crippen LogP contribution is 1.97. The van der Waals surface area contributed by atoms with E-state index >= 15 is 0 Å². The van der Waals surface area contributed by atoms with Crippen LogP contribution in [0.1, 0.15) is 16.9 Å². The van der Waals surface area contributed by atoms with Crippen molar-refractivity contribution in [3.05, 3.63) is 24.3 Å². The second kappa shape index (κ2) is 6.45. The van der Waals surface area contributed by atoms with Gasteiger partial charge in [-0.2, -0.15) is 0 Å². The summed E-state index contributed by atoms with van der Waals surface area (Å²) in [5, 5.41) is 0. The molecule has 0 atom stereocenters. The molecule has 1 heterocycles. The molecule has 0 amide bonds. The number of hydrogen-bond acceptors (Lipinski definition) is 4. The van der Waals surface area contributed by atoms with Gasteiger partial charge in [-0.15, -0.1) is 12.4 Å². The third-order valence-electron chi connectivity index (χ3n) is 1.63. The van der Waals surface area contributed by atoms with Crippen LogP contribution in [0.3, 0.4) is 0 Å². The molecule has 0 bridgehead atoms. The van der Waals surface area contributed by atoms with E-state index in [0.29, 0.717) is 12.1 Å². The summed E-state index contributed by atoms with van der Waals surface area (Å²) < 4.78 is 0. The van der Waals surface area contributed by atoms with Crippen molar-refractivity contribution >= 4 is 18.2 Å². The summed E-state index contributed by atoms with van der Waals surface area (Å²) in [5.74, 6) is 0.0433. The zero-order valence-electron chi connectivity index (χ0n) is 8.30. The highest BCUT2D eigenvalue weighted by atomic mass is 35.5. The molecule has 0 spiro atoms. The molecule has 0 aliphatic carbocycles. The number of rotatable bonds is 4. The number of nitrogens with zero attached hydrogens (tertiary/aromatic N) is 3. The number of aromatic nitrogens is 2. The van der Waals surface area contributed by atoms with Crippen LogP contribution in [-0.2, 0) is 0 Å². The molecule has 0 N–H and O–H groups in total. The Morgan fingerprint density at radius 1 is 1.43 bits per heavy atom. The normalized spacial score (nSPS) is 9.64. The molecule has 1 aromatic heterocycles. The molecule has 0 saturated heterocycles. The number of halogens is 1. The highest BCUT2D eigenvalue weighted by molar-refractivity contribution is 5.93. The molecule has 78 valence electrons. The lowest BCUT2D eigenvalue weighted by atomic mass is 10.2. The lowest BCUT2D eigenvalue weighted by Gasteiger charge is -2.07. The van der Waals surface area contributed by atoms with Crippen LogP contribution in [0, 0.1) is 0 Å². The Morgan fingerprint density at radius 3 is 2.64 bits per heavy atom. The van der Waals surface area contributed by atoms with Crippen molar-refractivity contribution in [3.63, 3.8) is 0 Å². The summed E-state index contributed by atoms with van der Waals surface area (Å²) in [6.07, 6.45) is 5.08. The van der Waals surface area contributed by atoms with Crippen LogP contribution in [0.4, 0.5) is 0 Å². The average molecular weight is 216 g/mol. The average Bonchev–Trinajstić information content (AvgIpc) is 2.15. The van der Waals surface area contributed by atoms with Gasteiger partial charge in [0.1, 0.15) is 5.69 Å². The van der Waals surface area contributed by atoms with Crippen molar-refractivity contribution < 1.29 is 4.79 Å². The molecule has 0 aliphatic rings. The zero-order valence-corrected chi connectivity index (χ0v) is 9.12. The predicted octanol–water partition coefficient (Wildman–Crippen LogP) is 1.03. The molecule has 0 aliphatic heterocycles. The quantitative estimate of drug-likeness (QED) is 0.704. The van der Waals surface area contributed by atoms with E-state index in [-0.39, 0.29) is 18.2 Å². The fourth-order valence-electron chi connectivity index (χ4n) is 0.896. The molecule has 14 heavy (non-hydrogen) atoms. The molecular formula is C9H14ClN3O. The Bertz CT molecular complexity index is 277. The van der Waals surface area contributed by atoms with Crippen LogP contribution in [0.2, 0.25) is 0 Å². The van der Waals surface area contributed by atoms with Gasteiger partial charge in [0.2, 0.25) is 0 Å². The maximum absolute atomic E-state index is 11.4. The van der Waals surface area contributed by atoms with Crippen molar-refractivity contribution in [2.75, 3.05) is 20.6 Å². The molecule has 0 fully saturated rings. The standard InChI is InChI=1S/C9H13N3O.ClH/c1-12(2)6-3-9(13)8-7-10-4-5-11-8;/h4-5,7H,3,6H2,1-2H3;1H. The Balaban J connectivity index is 0.00000169. The first-order chi connectivity index (χ1) is 6.20. The number of carbonyl (C=O) groups is 1. The van der Waals surface area contributed by atoms with Gasteiger partial charge in [-0.25, -0.2) is 4.98 Å². The Labute approximate surface area is 89.8 Å². The molecular weight excluding hydrogens is 202 g/mol. The van der Waals surface area contributed by atoms with E-state index in [1.807, 2.05) is 19.0 Å². The summed E-state index contributed by atoms with van der Waals surface area (Å²) >= 11 is 0. The van der Waals surface area contributed by atoms with Gasteiger partial charge in [0.15, 0.2) is 5.78 Å². The summed E-state index contributed by atoms with van der Waals surface area (Å²) in [5.41, 5.74) is 0.448.